The van der Waals surface area contributed by atoms with Crippen LogP contribution in [0.4, 0.5) is 0 Å². The van der Waals surface area contributed by atoms with Crippen LogP contribution in [-0.4, -0.2) is 43.3 Å². The smallest absolute Gasteiger partial charge is 0.264 e. The molecule has 1 atom stereocenters. The fourth-order valence-electron chi connectivity index (χ4n) is 2.71. The van der Waals surface area contributed by atoms with E-state index < -0.39 is 9.84 Å². The van der Waals surface area contributed by atoms with Crippen LogP contribution in [0.1, 0.15) is 40.4 Å². The number of hydrogen-bond acceptors (Lipinski definition) is 4. The van der Waals surface area contributed by atoms with Crippen molar-refractivity contribution in [2.45, 2.75) is 39.7 Å². The molecule has 1 unspecified atom stereocenters. The maximum absolute atomic E-state index is 12.6. The van der Waals surface area contributed by atoms with Gasteiger partial charge in [0.15, 0.2) is 9.84 Å². The Hall–Kier alpha value is -0.880. The van der Waals surface area contributed by atoms with Crippen molar-refractivity contribution < 1.29 is 13.2 Å². The fraction of sp³-hybridized carbons (Fsp3) is 0.643. The second-order valence-corrected chi connectivity index (χ2v) is 8.58. The first-order valence-corrected chi connectivity index (χ1v) is 9.62. The van der Waals surface area contributed by atoms with E-state index in [1.54, 1.807) is 4.90 Å². The van der Waals surface area contributed by atoms with Crippen LogP contribution in [-0.2, 0) is 16.3 Å². The molecule has 0 bridgehead atoms. The Morgan fingerprint density at radius 3 is 2.60 bits per heavy atom. The number of aryl methyl sites for hydroxylation is 2. The largest absolute Gasteiger partial charge is 0.334 e. The average molecular weight is 315 g/mol. The van der Waals surface area contributed by atoms with E-state index >= 15 is 0 Å². The van der Waals surface area contributed by atoms with Crippen LogP contribution < -0.4 is 0 Å². The molecule has 1 aliphatic rings. The van der Waals surface area contributed by atoms with Crippen molar-refractivity contribution in [2.24, 2.45) is 0 Å². The Morgan fingerprint density at radius 2 is 2.15 bits per heavy atom. The van der Waals surface area contributed by atoms with Gasteiger partial charge >= 0.3 is 0 Å². The highest BCUT2D eigenvalue weighted by molar-refractivity contribution is 7.91. The maximum Gasteiger partial charge on any atom is 0.264 e. The lowest BCUT2D eigenvalue weighted by Gasteiger charge is -2.26. The number of carbonyl (C=O) groups excluding carboxylic acids is 1. The van der Waals surface area contributed by atoms with E-state index in [1.165, 1.54) is 16.2 Å². The second-order valence-electron chi connectivity index (χ2n) is 5.22. The van der Waals surface area contributed by atoms with E-state index in [9.17, 15) is 13.2 Å². The van der Waals surface area contributed by atoms with Crippen molar-refractivity contribution >= 4 is 27.1 Å². The lowest BCUT2D eigenvalue weighted by molar-refractivity contribution is 0.0713. The van der Waals surface area contributed by atoms with Gasteiger partial charge in [-0.3, -0.25) is 4.79 Å². The van der Waals surface area contributed by atoms with Crippen LogP contribution in [0.2, 0.25) is 0 Å². The molecule has 0 N–H and O–H groups in total. The zero-order valence-corrected chi connectivity index (χ0v) is 13.8. The van der Waals surface area contributed by atoms with E-state index in [0.29, 0.717) is 13.0 Å². The zero-order chi connectivity index (χ0) is 14.9. The number of thiophene rings is 1. The van der Waals surface area contributed by atoms with Gasteiger partial charge in [0.2, 0.25) is 0 Å². The third-order valence-electron chi connectivity index (χ3n) is 3.80. The molecule has 1 saturated heterocycles. The highest BCUT2D eigenvalue weighted by Gasteiger charge is 2.34. The number of hydrogen-bond donors (Lipinski definition) is 0. The Balaban J connectivity index is 2.21. The number of amides is 1. The van der Waals surface area contributed by atoms with Gasteiger partial charge in [-0.15, -0.1) is 11.3 Å². The van der Waals surface area contributed by atoms with Gasteiger partial charge < -0.3 is 4.90 Å². The first-order chi connectivity index (χ1) is 9.38. The molecule has 0 spiro atoms. The quantitative estimate of drug-likeness (QED) is 0.856. The van der Waals surface area contributed by atoms with E-state index in [1.807, 2.05) is 19.9 Å². The summed E-state index contributed by atoms with van der Waals surface area (Å²) in [4.78, 5) is 16.3. The summed E-state index contributed by atoms with van der Waals surface area (Å²) >= 11 is 1.53. The molecule has 1 aliphatic heterocycles. The predicted octanol–water partition coefficient (Wildman–Crippen LogP) is 2.27. The average Bonchev–Trinajstić information content (AvgIpc) is 2.93. The Labute approximate surface area is 124 Å². The molecule has 4 nitrogen and oxygen atoms in total. The van der Waals surface area contributed by atoms with Gasteiger partial charge in [-0.2, -0.15) is 0 Å². The summed E-state index contributed by atoms with van der Waals surface area (Å²) in [5.41, 5.74) is 1.15. The molecule has 0 aliphatic carbocycles. The molecular weight excluding hydrogens is 294 g/mol. The summed E-state index contributed by atoms with van der Waals surface area (Å²) in [6.07, 6.45) is 1.49. The summed E-state index contributed by atoms with van der Waals surface area (Å²) < 4.78 is 23.2. The molecule has 20 heavy (non-hydrogen) atoms. The van der Waals surface area contributed by atoms with Crippen molar-refractivity contribution in [2.75, 3.05) is 18.1 Å². The molecule has 0 aromatic carbocycles. The van der Waals surface area contributed by atoms with Gasteiger partial charge in [-0.1, -0.05) is 6.92 Å². The van der Waals surface area contributed by atoms with Gasteiger partial charge in [0.1, 0.15) is 0 Å². The minimum absolute atomic E-state index is 0.0256. The maximum atomic E-state index is 12.6. The summed E-state index contributed by atoms with van der Waals surface area (Å²) in [5, 5.41) is 0. The normalized spacial score (nSPS) is 21.1. The Kier molecular flexibility index (Phi) is 4.54. The molecule has 1 amide bonds. The number of nitrogens with zero attached hydrogens (tertiary/aromatic N) is 1. The van der Waals surface area contributed by atoms with Crippen LogP contribution in [0.5, 0.6) is 0 Å². The van der Waals surface area contributed by atoms with Gasteiger partial charge in [0.05, 0.1) is 16.4 Å². The minimum atomic E-state index is -2.96. The Bertz CT molecular complexity index is 604. The monoisotopic (exact) mass is 315 g/mol. The summed E-state index contributed by atoms with van der Waals surface area (Å²) in [6, 6.07) is 1.77. The van der Waals surface area contributed by atoms with Crippen LogP contribution >= 0.6 is 11.3 Å². The Morgan fingerprint density at radius 1 is 1.45 bits per heavy atom. The summed E-state index contributed by atoms with van der Waals surface area (Å²) in [7, 11) is -2.96. The molecule has 1 aromatic heterocycles. The summed E-state index contributed by atoms with van der Waals surface area (Å²) in [6.45, 7) is 6.55. The van der Waals surface area contributed by atoms with Crippen LogP contribution in [0, 0.1) is 6.92 Å². The third kappa shape index (κ3) is 3.06. The topological polar surface area (TPSA) is 54.5 Å². The van der Waals surface area contributed by atoms with E-state index in [-0.39, 0.29) is 23.5 Å². The van der Waals surface area contributed by atoms with Crippen LogP contribution in [0.15, 0.2) is 6.07 Å². The van der Waals surface area contributed by atoms with Crippen molar-refractivity contribution in [3.63, 3.8) is 0 Å². The first kappa shape index (κ1) is 15.5. The lowest BCUT2D eigenvalue weighted by Crippen LogP contribution is -2.40. The molecule has 2 rings (SSSR count). The zero-order valence-electron chi connectivity index (χ0n) is 12.2. The van der Waals surface area contributed by atoms with E-state index in [2.05, 4.69) is 6.92 Å². The van der Waals surface area contributed by atoms with Gasteiger partial charge in [-0.25, -0.2) is 8.42 Å². The van der Waals surface area contributed by atoms with Gasteiger partial charge in [0, 0.05) is 17.5 Å². The standard InChI is InChI=1S/C14H21NO3S2/c1-4-12-10(3)8-13(19-12)14(16)15(5-2)11-6-7-20(17,18)9-11/h8,11H,4-7,9H2,1-3H3. The molecule has 1 fully saturated rings. The molecule has 0 radical (unpaired) electrons. The van der Waals surface area contributed by atoms with E-state index in [0.717, 1.165) is 16.9 Å². The van der Waals surface area contributed by atoms with Crippen molar-refractivity contribution in [3.05, 3.63) is 21.4 Å². The lowest BCUT2D eigenvalue weighted by atomic mass is 10.2. The summed E-state index contributed by atoms with van der Waals surface area (Å²) in [5.74, 6) is 0.283. The van der Waals surface area contributed by atoms with Crippen molar-refractivity contribution in [3.8, 4) is 0 Å². The van der Waals surface area contributed by atoms with Crippen LogP contribution in [0.3, 0.4) is 0 Å². The third-order valence-corrected chi connectivity index (χ3v) is 6.92. The molecule has 1 aromatic rings. The molecule has 6 heteroatoms. The highest BCUT2D eigenvalue weighted by atomic mass is 32.2. The van der Waals surface area contributed by atoms with E-state index in [4.69, 9.17) is 0 Å². The molecule has 2 heterocycles. The molecule has 0 saturated carbocycles. The van der Waals surface area contributed by atoms with Crippen molar-refractivity contribution in [1.82, 2.24) is 4.90 Å². The number of sulfone groups is 1. The van der Waals surface area contributed by atoms with Crippen molar-refractivity contribution in [1.29, 1.82) is 0 Å². The predicted molar refractivity (Wildman–Crippen MR) is 82.2 cm³/mol. The second kappa shape index (κ2) is 5.85. The van der Waals surface area contributed by atoms with Gasteiger partial charge in [0.25, 0.3) is 5.91 Å². The minimum Gasteiger partial charge on any atom is -0.334 e. The number of carbonyl (C=O) groups is 1. The van der Waals surface area contributed by atoms with Gasteiger partial charge in [-0.05, 0) is 38.3 Å². The molecule has 112 valence electrons. The number of rotatable bonds is 4. The first-order valence-electron chi connectivity index (χ1n) is 6.98. The molecular formula is C14H21NO3S2. The highest BCUT2D eigenvalue weighted by Crippen LogP contribution is 2.26. The van der Waals surface area contributed by atoms with Crippen LogP contribution in [0.25, 0.3) is 0 Å². The fourth-order valence-corrected chi connectivity index (χ4v) is 5.51. The SMILES string of the molecule is CCc1sc(C(=O)N(CC)C2CCS(=O)(=O)C2)cc1C.